The molecule has 1 aliphatic rings. The highest BCUT2D eigenvalue weighted by Crippen LogP contribution is 2.05. The molecule has 1 atom stereocenters. The number of hydrogen-bond donors (Lipinski definition) is 1. The van der Waals surface area contributed by atoms with Crippen LogP contribution in [0.5, 0.6) is 0 Å². The van der Waals surface area contributed by atoms with E-state index in [4.69, 9.17) is 0 Å². The monoisotopic (exact) mass is 179 g/mol. The van der Waals surface area contributed by atoms with Gasteiger partial charge in [-0.15, -0.1) is 5.92 Å². The quantitative estimate of drug-likeness (QED) is 0.520. The van der Waals surface area contributed by atoms with Gasteiger partial charge in [0.05, 0.1) is 6.04 Å². The van der Waals surface area contributed by atoms with E-state index in [9.17, 15) is 4.79 Å². The normalized spacial score (nSPS) is 20.7. The summed E-state index contributed by atoms with van der Waals surface area (Å²) in [6.07, 6.45) is 6.19. The average Bonchev–Trinajstić information content (AvgIpc) is 2.51. The van der Waals surface area contributed by atoms with Crippen molar-refractivity contribution >= 4 is 5.91 Å². The highest BCUT2D eigenvalue weighted by atomic mass is 16.1. The molecular formula is C11H17NO. The molecule has 1 rings (SSSR count). The van der Waals surface area contributed by atoms with Crippen molar-refractivity contribution in [1.82, 2.24) is 5.32 Å². The predicted octanol–water partition coefficient (Wildman–Crippen LogP) is 1.85. The van der Waals surface area contributed by atoms with E-state index in [1.165, 1.54) is 19.3 Å². The Morgan fingerprint density at radius 1 is 1.54 bits per heavy atom. The van der Waals surface area contributed by atoms with Gasteiger partial charge in [0.1, 0.15) is 0 Å². The Morgan fingerprint density at radius 3 is 3.00 bits per heavy atom. The highest BCUT2D eigenvalue weighted by molar-refractivity contribution is 5.79. The Morgan fingerprint density at radius 2 is 2.38 bits per heavy atom. The summed E-state index contributed by atoms with van der Waals surface area (Å²) in [5.74, 6) is 6.35. The second-order valence-corrected chi connectivity index (χ2v) is 3.44. The molecule has 1 unspecified atom stereocenters. The molecule has 1 fully saturated rings. The number of hydrogen-bond acceptors (Lipinski definition) is 1. The van der Waals surface area contributed by atoms with Crippen LogP contribution in [-0.2, 0) is 4.79 Å². The highest BCUT2D eigenvalue weighted by Gasteiger charge is 2.17. The van der Waals surface area contributed by atoms with Crippen LogP contribution in [0, 0.1) is 11.8 Å². The first-order chi connectivity index (χ1) is 6.33. The molecule has 1 heterocycles. The van der Waals surface area contributed by atoms with Crippen molar-refractivity contribution in [2.45, 2.75) is 51.5 Å². The first kappa shape index (κ1) is 10.1. The molecule has 0 spiro atoms. The lowest BCUT2D eigenvalue weighted by atomic mass is 10.2. The van der Waals surface area contributed by atoms with Gasteiger partial charge in [-0.25, -0.2) is 0 Å². The van der Waals surface area contributed by atoms with Crippen LogP contribution in [-0.4, -0.2) is 11.9 Å². The van der Waals surface area contributed by atoms with Gasteiger partial charge in [-0.3, -0.25) is 4.79 Å². The lowest BCUT2D eigenvalue weighted by Crippen LogP contribution is -2.23. The van der Waals surface area contributed by atoms with E-state index < -0.39 is 0 Å². The van der Waals surface area contributed by atoms with Gasteiger partial charge in [-0.1, -0.05) is 25.7 Å². The minimum atomic E-state index is 0.133. The van der Waals surface area contributed by atoms with Gasteiger partial charge >= 0.3 is 0 Å². The molecule has 1 aliphatic heterocycles. The Kier molecular flexibility index (Phi) is 4.39. The molecule has 1 amide bonds. The third-order valence-corrected chi connectivity index (χ3v) is 2.18. The van der Waals surface area contributed by atoms with Crippen LogP contribution in [0.15, 0.2) is 0 Å². The van der Waals surface area contributed by atoms with Crippen LogP contribution in [0.4, 0.5) is 0 Å². The molecule has 0 saturated carbocycles. The summed E-state index contributed by atoms with van der Waals surface area (Å²) in [4.78, 5) is 10.8. The zero-order chi connectivity index (χ0) is 9.52. The fourth-order valence-electron chi connectivity index (χ4n) is 1.38. The predicted molar refractivity (Wildman–Crippen MR) is 53.1 cm³/mol. The zero-order valence-electron chi connectivity index (χ0n) is 8.23. The fraction of sp³-hybridized carbons (Fsp3) is 0.727. The number of carbonyl (C=O) groups excluding carboxylic acids is 1. The van der Waals surface area contributed by atoms with Crippen LogP contribution in [0.1, 0.15) is 45.4 Å². The van der Waals surface area contributed by atoms with Crippen molar-refractivity contribution in [3.63, 3.8) is 0 Å². The fourth-order valence-corrected chi connectivity index (χ4v) is 1.38. The van der Waals surface area contributed by atoms with Crippen LogP contribution >= 0.6 is 0 Å². The maximum Gasteiger partial charge on any atom is 0.221 e. The van der Waals surface area contributed by atoms with Gasteiger partial charge < -0.3 is 5.32 Å². The van der Waals surface area contributed by atoms with Gasteiger partial charge in [0, 0.05) is 12.8 Å². The summed E-state index contributed by atoms with van der Waals surface area (Å²) in [5, 5.41) is 2.83. The lowest BCUT2D eigenvalue weighted by Gasteiger charge is -1.97. The van der Waals surface area contributed by atoms with E-state index in [1.54, 1.807) is 0 Å². The number of amides is 1. The molecule has 0 aromatic heterocycles. The van der Waals surface area contributed by atoms with Crippen LogP contribution in [0.2, 0.25) is 0 Å². The van der Waals surface area contributed by atoms with Crippen LogP contribution in [0.3, 0.4) is 0 Å². The van der Waals surface area contributed by atoms with E-state index in [0.717, 1.165) is 12.8 Å². The number of nitrogens with one attached hydrogen (secondary N) is 1. The summed E-state index contributed by atoms with van der Waals surface area (Å²) >= 11 is 0. The second kappa shape index (κ2) is 5.64. The van der Waals surface area contributed by atoms with Gasteiger partial charge in [0.2, 0.25) is 5.91 Å². The van der Waals surface area contributed by atoms with Gasteiger partial charge in [-0.2, -0.15) is 0 Å². The van der Waals surface area contributed by atoms with Crippen molar-refractivity contribution in [2.24, 2.45) is 0 Å². The summed E-state index contributed by atoms with van der Waals surface area (Å²) in [6, 6.07) is 0.133. The first-order valence-electron chi connectivity index (χ1n) is 5.10. The molecule has 0 aliphatic carbocycles. The molecule has 2 nitrogen and oxygen atoms in total. The third-order valence-electron chi connectivity index (χ3n) is 2.18. The molecule has 0 bridgehead atoms. The van der Waals surface area contributed by atoms with Crippen LogP contribution in [0.25, 0.3) is 0 Å². The number of unbranched alkanes of at least 4 members (excludes halogenated alkanes) is 3. The van der Waals surface area contributed by atoms with Crippen LogP contribution < -0.4 is 5.32 Å². The van der Waals surface area contributed by atoms with Gasteiger partial charge in [0.25, 0.3) is 0 Å². The summed E-state index contributed by atoms with van der Waals surface area (Å²) in [7, 11) is 0. The van der Waals surface area contributed by atoms with Crippen molar-refractivity contribution in [2.75, 3.05) is 0 Å². The summed E-state index contributed by atoms with van der Waals surface area (Å²) in [6.45, 7) is 2.19. The largest absolute Gasteiger partial charge is 0.342 e. The van der Waals surface area contributed by atoms with Crippen molar-refractivity contribution in [1.29, 1.82) is 0 Å². The van der Waals surface area contributed by atoms with Crippen molar-refractivity contribution in [3.05, 3.63) is 0 Å². The maximum absolute atomic E-state index is 10.8. The van der Waals surface area contributed by atoms with Crippen molar-refractivity contribution in [3.8, 4) is 11.8 Å². The second-order valence-electron chi connectivity index (χ2n) is 3.44. The Labute approximate surface area is 80.1 Å². The minimum absolute atomic E-state index is 0.133. The Balaban J connectivity index is 2.12. The number of carbonyl (C=O) groups is 1. The standard InChI is InChI=1S/C11H17NO/c1-2-3-4-5-6-7-10-8-9-11(13)12-10/h10H,2-5,8-9H2,1H3,(H,12,13). The molecule has 2 heteroatoms. The Bertz CT molecular complexity index is 224. The van der Waals surface area contributed by atoms with Crippen molar-refractivity contribution < 1.29 is 4.79 Å². The summed E-state index contributed by atoms with van der Waals surface area (Å²) < 4.78 is 0. The van der Waals surface area contributed by atoms with E-state index in [0.29, 0.717) is 6.42 Å². The SMILES string of the molecule is CCCCCC#CC1CCC(=O)N1. The summed E-state index contributed by atoms with van der Waals surface area (Å²) in [5.41, 5.74) is 0. The third kappa shape index (κ3) is 3.98. The molecule has 72 valence electrons. The smallest absolute Gasteiger partial charge is 0.221 e. The van der Waals surface area contributed by atoms with E-state index in [-0.39, 0.29) is 11.9 Å². The maximum atomic E-state index is 10.8. The first-order valence-corrected chi connectivity index (χ1v) is 5.10. The number of rotatable bonds is 3. The molecule has 13 heavy (non-hydrogen) atoms. The molecular weight excluding hydrogens is 162 g/mol. The Hall–Kier alpha value is -0.970. The van der Waals surface area contributed by atoms with E-state index in [1.807, 2.05) is 0 Å². The molecule has 1 saturated heterocycles. The van der Waals surface area contributed by atoms with E-state index in [2.05, 4.69) is 24.1 Å². The van der Waals surface area contributed by atoms with Gasteiger partial charge in [0.15, 0.2) is 0 Å². The molecule has 0 radical (unpaired) electrons. The molecule has 0 aromatic carbocycles. The van der Waals surface area contributed by atoms with E-state index >= 15 is 0 Å². The molecule has 1 N–H and O–H groups in total. The van der Waals surface area contributed by atoms with Gasteiger partial charge in [-0.05, 0) is 12.8 Å². The lowest BCUT2D eigenvalue weighted by molar-refractivity contribution is -0.119. The minimum Gasteiger partial charge on any atom is -0.342 e. The zero-order valence-corrected chi connectivity index (χ0v) is 8.23. The average molecular weight is 179 g/mol. The topological polar surface area (TPSA) is 29.1 Å². The molecule has 0 aromatic rings.